The molecule has 10 aromatic rings. The lowest BCUT2D eigenvalue weighted by atomic mass is 9.96. The van der Waals surface area contributed by atoms with Crippen molar-refractivity contribution in [3.63, 3.8) is 0 Å². The van der Waals surface area contributed by atoms with Crippen LogP contribution in [-0.2, 0) is 0 Å². The van der Waals surface area contributed by atoms with Crippen molar-refractivity contribution in [2.45, 2.75) is 0 Å². The van der Waals surface area contributed by atoms with Gasteiger partial charge in [-0.25, -0.2) is 9.97 Å². The molecule has 0 aliphatic carbocycles. The molecule has 3 aromatic heterocycles. The number of hydrogen-bond donors (Lipinski definition) is 0. The van der Waals surface area contributed by atoms with Crippen molar-refractivity contribution in [1.29, 1.82) is 0 Å². The van der Waals surface area contributed by atoms with Gasteiger partial charge in [-0.2, -0.15) is 0 Å². The van der Waals surface area contributed by atoms with Gasteiger partial charge in [-0.3, -0.25) is 0 Å². The largest absolute Gasteiger partial charge is 0.452 e. The third-order valence-corrected chi connectivity index (χ3v) is 8.75. The Kier molecular flexibility index (Phi) is 4.14. The number of rotatable bonds is 5. The standard InChI is InChI=1S/C46H29N3O/c1-2-10-30(11-3-1)31-20-22-32(23-21-31)33-12-8-13-34(26-33)35-24-25-43-40(28-35)45-46(50-43)44(47-29-48-45)36-14-9-15-37(27-36)49-41-18-6-4-16-38(41)39-17-5-7-19-42(39)49/h1-29H/i1D,2D,3D,8D,10D,11D,12D,13D,20D,21D,22D,23D,26D. The topological polar surface area (TPSA) is 43.9 Å². The molecule has 10 rings (SSSR count). The van der Waals surface area contributed by atoms with Crippen molar-refractivity contribution in [1.82, 2.24) is 14.5 Å². The summed E-state index contributed by atoms with van der Waals surface area (Å²) in [6.07, 6.45) is 1.42. The maximum absolute atomic E-state index is 9.37. The summed E-state index contributed by atoms with van der Waals surface area (Å²) < 4.78 is 121. The van der Waals surface area contributed by atoms with Crippen LogP contribution in [0.15, 0.2) is 180 Å². The lowest BCUT2D eigenvalue weighted by Crippen LogP contribution is -1.95. The van der Waals surface area contributed by atoms with E-state index in [1.807, 2.05) is 48.5 Å². The maximum atomic E-state index is 9.37. The van der Waals surface area contributed by atoms with Gasteiger partial charge >= 0.3 is 0 Å². The Bertz CT molecular complexity index is 3530. The van der Waals surface area contributed by atoms with Gasteiger partial charge in [0.15, 0.2) is 5.58 Å². The minimum atomic E-state index is -0.770. The summed E-state index contributed by atoms with van der Waals surface area (Å²) in [5.41, 5.74) is 3.60. The van der Waals surface area contributed by atoms with Crippen LogP contribution < -0.4 is 0 Å². The molecule has 4 heteroatoms. The van der Waals surface area contributed by atoms with Gasteiger partial charge in [-0.05, 0) is 75.8 Å². The van der Waals surface area contributed by atoms with E-state index in [0.717, 1.165) is 33.1 Å². The van der Waals surface area contributed by atoms with E-state index in [1.165, 1.54) is 6.33 Å². The number of fused-ring (bicyclic) bond motifs is 6. The highest BCUT2D eigenvalue weighted by Crippen LogP contribution is 2.38. The fourth-order valence-corrected chi connectivity index (χ4v) is 6.48. The summed E-state index contributed by atoms with van der Waals surface area (Å²) in [5.74, 6) is 0. The second-order valence-electron chi connectivity index (χ2n) is 11.6. The zero-order valence-corrected chi connectivity index (χ0v) is 26.0. The van der Waals surface area contributed by atoms with Crippen LogP contribution in [0.5, 0.6) is 0 Å². The van der Waals surface area contributed by atoms with Gasteiger partial charge in [0.2, 0.25) is 0 Å². The molecular formula is C46H29N3O. The fraction of sp³-hybridized carbons (Fsp3) is 0. The van der Waals surface area contributed by atoms with Crippen molar-refractivity contribution in [3.8, 4) is 50.3 Å². The SMILES string of the molecule is [2H]c1c([2H])c([2H])c(-c2c([2H])c([2H])c(-c3c([2H])c([2H])c([2H])c(-c4ccc5oc6c(-c7cccc(-n8c9ccccc9c9ccccc98)c7)ncnc6c5c4)c3[2H])c([2H])c2[2H])c([2H])c1[2H]. The van der Waals surface area contributed by atoms with E-state index < -0.39 is 101 Å². The molecule has 0 bridgehead atoms. The molecule has 0 radical (unpaired) electrons. The highest BCUT2D eigenvalue weighted by atomic mass is 16.3. The highest BCUT2D eigenvalue weighted by molar-refractivity contribution is 6.10. The zero-order chi connectivity index (χ0) is 44.3. The van der Waals surface area contributed by atoms with Crippen molar-refractivity contribution >= 4 is 43.9 Å². The van der Waals surface area contributed by atoms with E-state index in [-0.39, 0.29) is 11.1 Å². The van der Waals surface area contributed by atoms with E-state index in [4.69, 9.17) is 20.9 Å². The van der Waals surface area contributed by atoms with Gasteiger partial charge < -0.3 is 8.98 Å². The lowest BCUT2D eigenvalue weighted by Gasteiger charge is -2.10. The number of furan rings is 1. The Hall–Kier alpha value is -6.78. The summed E-state index contributed by atoms with van der Waals surface area (Å²) in [4.78, 5) is 9.21. The third-order valence-electron chi connectivity index (χ3n) is 8.75. The van der Waals surface area contributed by atoms with Gasteiger partial charge in [-0.15, -0.1) is 0 Å². The third kappa shape index (κ3) is 4.61. The molecule has 0 fully saturated rings. The van der Waals surface area contributed by atoms with Crippen LogP contribution in [0.2, 0.25) is 0 Å². The van der Waals surface area contributed by atoms with Gasteiger partial charge in [-0.1, -0.05) is 127 Å². The van der Waals surface area contributed by atoms with E-state index in [0.29, 0.717) is 27.8 Å². The summed E-state index contributed by atoms with van der Waals surface area (Å²) in [5, 5.41) is 2.74. The molecule has 0 saturated heterocycles. The van der Waals surface area contributed by atoms with E-state index in [2.05, 4.69) is 38.8 Å². The summed E-state index contributed by atoms with van der Waals surface area (Å²) in [6, 6.07) is 20.2. The van der Waals surface area contributed by atoms with Crippen molar-refractivity contribution in [2.24, 2.45) is 0 Å². The Morgan fingerprint density at radius 2 is 1.16 bits per heavy atom. The maximum Gasteiger partial charge on any atom is 0.180 e. The minimum absolute atomic E-state index is 0.123. The highest BCUT2D eigenvalue weighted by Gasteiger charge is 2.18. The molecule has 0 amide bonds. The van der Waals surface area contributed by atoms with Crippen LogP contribution in [-0.4, -0.2) is 14.5 Å². The molecular weight excluding hydrogens is 611 g/mol. The molecule has 0 spiro atoms. The number of aromatic nitrogens is 3. The Balaban J connectivity index is 1.12. The Morgan fingerprint density at radius 3 is 1.92 bits per heavy atom. The first-order valence-electron chi connectivity index (χ1n) is 22.3. The van der Waals surface area contributed by atoms with Gasteiger partial charge in [0, 0.05) is 27.4 Å². The normalized spacial score (nSPS) is 15.2. The molecule has 7 aromatic carbocycles. The lowest BCUT2D eigenvalue weighted by molar-refractivity contribution is 0.667. The first-order valence-corrected chi connectivity index (χ1v) is 15.8. The van der Waals surface area contributed by atoms with Gasteiger partial charge in [0.25, 0.3) is 0 Å². The predicted octanol–water partition coefficient (Wildman–Crippen LogP) is 12.1. The summed E-state index contributed by atoms with van der Waals surface area (Å²) >= 11 is 0. The van der Waals surface area contributed by atoms with Crippen molar-refractivity contribution in [3.05, 3.63) is 176 Å². The minimum Gasteiger partial charge on any atom is -0.452 e. The molecule has 3 heterocycles. The van der Waals surface area contributed by atoms with E-state index in [9.17, 15) is 1.37 Å². The number of hydrogen-bond acceptors (Lipinski definition) is 3. The fourth-order valence-electron chi connectivity index (χ4n) is 6.48. The van der Waals surface area contributed by atoms with Crippen LogP contribution in [0.3, 0.4) is 0 Å². The molecule has 234 valence electrons. The average molecular weight is 653 g/mol. The summed E-state index contributed by atoms with van der Waals surface area (Å²) in [7, 11) is 0. The Labute approximate surface area is 306 Å². The average Bonchev–Trinajstić information content (AvgIpc) is 3.84. The van der Waals surface area contributed by atoms with Crippen LogP contribution in [0.1, 0.15) is 17.8 Å². The predicted molar refractivity (Wildman–Crippen MR) is 205 cm³/mol. The molecule has 0 atom stereocenters. The van der Waals surface area contributed by atoms with Gasteiger partial charge in [0.1, 0.15) is 23.1 Å². The molecule has 0 aliphatic rings. The van der Waals surface area contributed by atoms with Crippen LogP contribution >= 0.6 is 0 Å². The molecule has 4 nitrogen and oxygen atoms in total. The second kappa shape index (κ2) is 11.4. The molecule has 50 heavy (non-hydrogen) atoms. The molecule has 0 unspecified atom stereocenters. The smallest absolute Gasteiger partial charge is 0.180 e. The van der Waals surface area contributed by atoms with Crippen molar-refractivity contribution in [2.75, 3.05) is 0 Å². The molecule has 0 saturated carbocycles. The van der Waals surface area contributed by atoms with Gasteiger partial charge in [0.05, 0.1) is 28.9 Å². The first kappa shape index (κ1) is 18.1. The monoisotopic (exact) mass is 652 g/mol. The van der Waals surface area contributed by atoms with E-state index >= 15 is 0 Å². The molecule has 0 aliphatic heterocycles. The van der Waals surface area contributed by atoms with Crippen LogP contribution in [0, 0.1) is 0 Å². The molecule has 0 N–H and O–H groups in total. The zero-order valence-electron chi connectivity index (χ0n) is 39.0. The van der Waals surface area contributed by atoms with Crippen molar-refractivity contribution < 1.29 is 22.2 Å². The first-order chi connectivity index (χ1) is 30.2. The van der Waals surface area contributed by atoms with Crippen LogP contribution in [0.4, 0.5) is 0 Å². The second-order valence-corrected chi connectivity index (χ2v) is 11.6. The quantitative estimate of drug-likeness (QED) is 0.186. The van der Waals surface area contributed by atoms with Crippen LogP contribution in [0.25, 0.3) is 94.2 Å². The number of nitrogens with zero attached hydrogens (tertiary/aromatic N) is 3. The number of benzene rings is 7. The number of para-hydroxylation sites is 2. The summed E-state index contributed by atoms with van der Waals surface area (Å²) in [6.45, 7) is 0. The van der Waals surface area contributed by atoms with E-state index in [1.54, 1.807) is 18.2 Å². The Morgan fingerprint density at radius 1 is 0.500 bits per heavy atom.